The molecule has 3 atom stereocenters. The minimum Gasteiger partial charge on any atom is -0.298 e. The molecule has 3 unspecified atom stereocenters. The second-order valence-corrected chi connectivity index (χ2v) is 9.16. The third-order valence-corrected chi connectivity index (χ3v) is 7.02. The number of benzene rings is 2. The topological polar surface area (TPSA) is 79.4 Å². The van der Waals surface area contributed by atoms with Crippen LogP contribution in [0.1, 0.15) is 36.5 Å². The predicted molar refractivity (Wildman–Crippen MR) is 117 cm³/mol. The molecule has 3 aromatic rings. The molecular formula is C23H21N3O3S. The average Bonchev–Trinajstić information content (AvgIpc) is 3.26. The van der Waals surface area contributed by atoms with Gasteiger partial charge in [0.05, 0.1) is 27.7 Å². The molecule has 1 aliphatic carbocycles. The summed E-state index contributed by atoms with van der Waals surface area (Å²) < 4.78 is 0.992. The number of rotatable bonds is 3. The van der Waals surface area contributed by atoms with Gasteiger partial charge in [-0.1, -0.05) is 36.5 Å². The van der Waals surface area contributed by atoms with Crippen molar-refractivity contribution in [2.75, 3.05) is 10.2 Å². The van der Waals surface area contributed by atoms with Gasteiger partial charge in [0.2, 0.25) is 11.8 Å². The molecule has 5 rings (SSSR count). The molecule has 152 valence electrons. The van der Waals surface area contributed by atoms with Crippen LogP contribution >= 0.6 is 11.3 Å². The first kappa shape index (κ1) is 18.9. The standard InChI is InChI=1S/C23H21N3O3S/c1-13-9-10-16-17(11-13)22(29)26(21(16)28)15-6-4-5-14(12-15)20(27)25-23-24-18-7-2-3-8-19(18)30-23/h2-8,12-13,16-17H,9-11H2,1H3,(H,24,25,27). The number of amides is 3. The highest BCUT2D eigenvalue weighted by atomic mass is 32.1. The summed E-state index contributed by atoms with van der Waals surface area (Å²) in [5.74, 6) is -0.605. The monoisotopic (exact) mass is 419 g/mol. The van der Waals surface area contributed by atoms with Crippen LogP contribution in [0.25, 0.3) is 10.2 Å². The number of nitrogens with one attached hydrogen (secondary N) is 1. The van der Waals surface area contributed by atoms with Crippen LogP contribution in [0.2, 0.25) is 0 Å². The van der Waals surface area contributed by atoms with Crippen LogP contribution in [0.5, 0.6) is 0 Å². The molecule has 2 aromatic carbocycles. The highest BCUT2D eigenvalue weighted by molar-refractivity contribution is 7.22. The van der Waals surface area contributed by atoms with Gasteiger partial charge in [0.1, 0.15) is 0 Å². The summed E-state index contributed by atoms with van der Waals surface area (Å²) in [6.45, 7) is 2.13. The smallest absolute Gasteiger partial charge is 0.257 e. The van der Waals surface area contributed by atoms with Crippen LogP contribution in [-0.2, 0) is 9.59 Å². The first-order valence-corrected chi connectivity index (χ1v) is 11.0. The van der Waals surface area contributed by atoms with Gasteiger partial charge in [-0.05, 0) is 55.5 Å². The second kappa shape index (κ2) is 7.32. The maximum absolute atomic E-state index is 13.0. The van der Waals surface area contributed by atoms with Crippen molar-refractivity contribution in [2.24, 2.45) is 17.8 Å². The van der Waals surface area contributed by atoms with Crippen molar-refractivity contribution in [1.29, 1.82) is 0 Å². The van der Waals surface area contributed by atoms with Crippen molar-refractivity contribution in [2.45, 2.75) is 26.2 Å². The molecular weight excluding hydrogens is 398 g/mol. The lowest BCUT2D eigenvalue weighted by molar-refractivity contribution is -0.122. The summed E-state index contributed by atoms with van der Waals surface area (Å²) >= 11 is 1.40. The summed E-state index contributed by atoms with van der Waals surface area (Å²) in [6, 6.07) is 14.4. The van der Waals surface area contributed by atoms with Crippen molar-refractivity contribution in [1.82, 2.24) is 4.98 Å². The van der Waals surface area contributed by atoms with E-state index in [0.717, 1.165) is 29.5 Å². The molecule has 0 radical (unpaired) electrons. The number of nitrogens with zero attached hydrogens (tertiary/aromatic N) is 2. The van der Waals surface area contributed by atoms with E-state index in [4.69, 9.17) is 0 Å². The normalized spacial score (nSPS) is 23.6. The van der Waals surface area contributed by atoms with Crippen molar-refractivity contribution < 1.29 is 14.4 Å². The molecule has 1 saturated heterocycles. The van der Waals surface area contributed by atoms with E-state index in [9.17, 15) is 14.4 Å². The zero-order chi connectivity index (χ0) is 20.8. The van der Waals surface area contributed by atoms with Crippen LogP contribution in [-0.4, -0.2) is 22.7 Å². The van der Waals surface area contributed by atoms with E-state index in [1.54, 1.807) is 24.3 Å². The summed E-state index contributed by atoms with van der Waals surface area (Å²) in [6.07, 6.45) is 2.48. The Morgan fingerprint density at radius 2 is 1.87 bits per heavy atom. The van der Waals surface area contributed by atoms with Gasteiger partial charge in [0.25, 0.3) is 5.91 Å². The molecule has 2 fully saturated rings. The summed E-state index contributed by atoms with van der Waals surface area (Å²) in [4.78, 5) is 44.4. The quantitative estimate of drug-likeness (QED) is 0.635. The Morgan fingerprint density at radius 3 is 2.70 bits per heavy atom. The van der Waals surface area contributed by atoms with Gasteiger partial charge < -0.3 is 0 Å². The van der Waals surface area contributed by atoms with E-state index in [2.05, 4.69) is 17.2 Å². The van der Waals surface area contributed by atoms with Crippen LogP contribution in [0.15, 0.2) is 48.5 Å². The molecule has 2 aliphatic rings. The summed E-state index contributed by atoms with van der Waals surface area (Å²) in [5, 5.41) is 3.34. The van der Waals surface area contributed by atoms with E-state index in [1.807, 2.05) is 24.3 Å². The maximum Gasteiger partial charge on any atom is 0.257 e. The van der Waals surface area contributed by atoms with E-state index in [0.29, 0.717) is 22.3 Å². The van der Waals surface area contributed by atoms with Gasteiger partial charge in [0.15, 0.2) is 5.13 Å². The highest BCUT2D eigenvalue weighted by Gasteiger charge is 2.50. The number of fused-ring (bicyclic) bond motifs is 2. The molecule has 1 aliphatic heterocycles. The molecule has 1 N–H and O–H groups in total. The Bertz CT molecular complexity index is 1140. The molecule has 7 heteroatoms. The van der Waals surface area contributed by atoms with Crippen molar-refractivity contribution in [3.63, 3.8) is 0 Å². The first-order chi connectivity index (χ1) is 14.5. The van der Waals surface area contributed by atoms with Crippen molar-refractivity contribution in [3.05, 3.63) is 54.1 Å². The van der Waals surface area contributed by atoms with E-state index in [-0.39, 0.29) is 29.6 Å². The molecule has 0 bridgehead atoms. The summed E-state index contributed by atoms with van der Waals surface area (Å²) in [5.41, 5.74) is 1.68. The SMILES string of the molecule is CC1CCC2C(=O)N(c3cccc(C(=O)Nc4nc5ccccc5s4)c3)C(=O)C2C1. The molecule has 3 amide bonds. The van der Waals surface area contributed by atoms with Crippen LogP contribution in [0.3, 0.4) is 0 Å². The van der Waals surface area contributed by atoms with Gasteiger partial charge in [-0.25, -0.2) is 4.98 Å². The Balaban J connectivity index is 1.39. The predicted octanol–water partition coefficient (Wildman–Crippen LogP) is 4.47. The lowest BCUT2D eigenvalue weighted by atomic mass is 9.76. The third-order valence-electron chi connectivity index (χ3n) is 6.07. The Labute approximate surface area is 177 Å². The largest absolute Gasteiger partial charge is 0.298 e. The van der Waals surface area contributed by atoms with Crippen molar-refractivity contribution in [3.8, 4) is 0 Å². The zero-order valence-electron chi connectivity index (χ0n) is 16.5. The zero-order valence-corrected chi connectivity index (χ0v) is 17.3. The van der Waals surface area contributed by atoms with Gasteiger partial charge in [-0.3, -0.25) is 24.6 Å². The van der Waals surface area contributed by atoms with E-state index in [1.165, 1.54) is 16.2 Å². The molecule has 0 spiro atoms. The van der Waals surface area contributed by atoms with Crippen LogP contribution in [0.4, 0.5) is 10.8 Å². The first-order valence-electron chi connectivity index (χ1n) is 10.2. The highest BCUT2D eigenvalue weighted by Crippen LogP contribution is 2.42. The fourth-order valence-electron chi connectivity index (χ4n) is 4.53. The molecule has 2 heterocycles. The Kier molecular flexibility index (Phi) is 4.62. The fraction of sp³-hybridized carbons (Fsp3) is 0.304. The number of thiazole rings is 1. The van der Waals surface area contributed by atoms with Crippen molar-refractivity contribution >= 4 is 50.1 Å². The maximum atomic E-state index is 13.0. The second-order valence-electron chi connectivity index (χ2n) is 8.13. The number of para-hydroxylation sites is 1. The average molecular weight is 420 g/mol. The number of hydrogen-bond acceptors (Lipinski definition) is 5. The fourth-order valence-corrected chi connectivity index (χ4v) is 5.39. The lowest BCUT2D eigenvalue weighted by Crippen LogP contribution is -2.31. The minimum atomic E-state index is -0.318. The van der Waals surface area contributed by atoms with Crippen LogP contribution < -0.4 is 10.2 Å². The number of aromatic nitrogens is 1. The van der Waals surface area contributed by atoms with E-state index < -0.39 is 0 Å². The molecule has 30 heavy (non-hydrogen) atoms. The van der Waals surface area contributed by atoms with Gasteiger partial charge in [-0.15, -0.1) is 0 Å². The van der Waals surface area contributed by atoms with Gasteiger partial charge in [-0.2, -0.15) is 0 Å². The van der Waals surface area contributed by atoms with Gasteiger partial charge in [0, 0.05) is 5.56 Å². The van der Waals surface area contributed by atoms with E-state index >= 15 is 0 Å². The Hall–Kier alpha value is -3.06. The minimum absolute atomic E-state index is 0.138. The van der Waals surface area contributed by atoms with Crippen LogP contribution in [0, 0.1) is 17.8 Å². The lowest BCUT2D eigenvalue weighted by Gasteiger charge is -2.25. The Morgan fingerprint density at radius 1 is 1.07 bits per heavy atom. The number of anilines is 2. The van der Waals surface area contributed by atoms with Gasteiger partial charge >= 0.3 is 0 Å². The summed E-state index contributed by atoms with van der Waals surface area (Å²) in [7, 11) is 0. The number of carbonyl (C=O) groups is 3. The molecule has 1 saturated carbocycles. The molecule has 6 nitrogen and oxygen atoms in total. The molecule has 1 aromatic heterocycles. The number of hydrogen-bond donors (Lipinski definition) is 1. The number of carbonyl (C=O) groups excluding carboxylic acids is 3. The third kappa shape index (κ3) is 3.19. The number of imide groups is 1.